The number of rotatable bonds is 5. The lowest BCUT2D eigenvalue weighted by Crippen LogP contribution is -2.48. The van der Waals surface area contributed by atoms with Crippen molar-refractivity contribution in [3.05, 3.63) is 65.7 Å². The topological polar surface area (TPSA) is 56.7 Å². The zero-order chi connectivity index (χ0) is 17.6. The smallest absolute Gasteiger partial charge is 0.225 e. The van der Waals surface area contributed by atoms with Crippen LogP contribution in [0, 0.1) is 5.82 Å². The molecular weight excluding hydrogens is 321 g/mol. The Morgan fingerprint density at radius 2 is 1.96 bits per heavy atom. The highest BCUT2D eigenvalue weighted by molar-refractivity contribution is 5.77. The minimum atomic E-state index is -0.977. The first-order valence-corrected chi connectivity index (χ1v) is 8.45. The van der Waals surface area contributed by atoms with Gasteiger partial charge in [-0.2, -0.15) is 0 Å². The van der Waals surface area contributed by atoms with Crippen LogP contribution in [0.2, 0.25) is 0 Å². The van der Waals surface area contributed by atoms with E-state index in [1.807, 2.05) is 18.2 Å². The first-order valence-electron chi connectivity index (χ1n) is 8.45. The third-order valence-corrected chi connectivity index (χ3v) is 4.44. The molecule has 5 nitrogen and oxygen atoms in total. The zero-order valence-electron chi connectivity index (χ0n) is 14.0. The Hall–Kier alpha value is -2.31. The monoisotopic (exact) mass is 343 g/mol. The second-order valence-electron chi connectivity index (χ2n) is 6.25. The molecule has 0 spiro atoms. The van der Waals surface area contributed by atoms with Crippen LogP contribution in [-0.4, -0.2) is 52.0 Å². The van der Waals surface area contributed by atoms with Crippen molar-refractivity contribution < 1.29 is 14.3 Å². The molecule has 0 radical (unpaired) electrons. The number of hydrogen-bond acceptors (Lipinski definition) is 4. The van der Waals surface area contributed by atoms with Crippen LogP contribution in [0.1, 0.15) is 23.8 Å². The number of aromatic nitrogens is 1. The van der Waals surface area contributed by atoms with Gasteiger partial charge in [-0.15, -0.1) is 0 Å². The fraction of sp³-hybridized carbons (Fsp3) is 0.368. The fourth-order valence-corrected chi connectivity index (χ4v) is 3.00. The predicted molar refractivity (Wildman–Crippen MR) is 92.1 cm³/mol. The molecule has 25 heavy (non-hydrogen) atoms. The average molecular weight is 343 g/mol. The van der Waals surface area contributed by atoms with Crippen LogP contribution < -0.4 is 0 Å². The SMILES string of the molecule is O=C(CC(O)c1cccc(F)c1)N1CCN(Cc2ccccn2)CC1. The Labute approximate surface area is 146 Å². The average Bonchev–Trinajstić information content (AvgIpc) is 2.63. The molecule has 132 valence electrons. The summed E-state index contributed by atoms with van der Waals surface area (Å²) in [6.45, 7) is 3.58. The lowest BCUT2D eigenvalue weighted by atomic mass is 10.1. The van der Waals surface area contributed by atoms with E-state index in [1.54, 1.807) is 17.2 Å². The molecule has 1 amide bonds. The molecule has 1 aromatic carbocycles. The normalized spacial score (nSPS) is 16.6. The summed E-state index contributed by atoms with van der Waals surface area (Å²) in [4.78, 5) is 20.7. The van der Waals surface area contributed by atoms with E-state index >= 15 is 0 Å². The number of halogens is 1. The summed E-state index contributed by atoms with van der Waals surface area (Å²) in [5.74, 6) is -0.513. The van der Waals surface area contributed by atoms with E-state index in [0.717, 1.165) is 25.3 Å². The maximum Gasteiger partial charge on any atom is 0.225 e. The summed E-state index contributed by atoms with van der Waals surface area (Å²) in [7, 11) is 0. The lowest BCUT2D eigenvalue weighted by Gasteiger charge is -2.35. The summed E-state index contributed by atoms with van der Waals surface area (Å²) in [6, 6.07) is 11.6. The van der Waals surface area contributed by atoms with Crippen molar-refractivity contribution in [3.8, 4) is 0 Å². The number of nitrogens with zero attached hydrogens (tertiary/aromatic N) is 3. The lowest BCUT2D eigenvalue weighted by molar-refractivity contribution is -0.135. The number of benzene rings is 1. The van der Waals surface area contributed by atoms with Gasteiger partial charge < -0.3 is 10.0 Å². The second-order valence-corrected chi connectivity index (χ2v) is 6.25. The fourth-order valence-electron chi connectivity index (χ4n) is 3.00. The highest BCUT2D eigenvalue weighted by Gasteiger charge is 2.23. The molecule has 0 bridgehead atoms. The van der Waals surface area contributed by atoms with Crippen molar-refractivity contribution in [2.75, 3.05) is 26.2 Å². The van der Waals surface area contributed by atoms with Crippen molar-refractivity contribution >= 4 is 5.91 Å². The van der Waals surface area contributed by atoms with E-state index in [9.17, 15) is 14.3 Å². The van der Waals surface area contributed by atoms with Gasteiger partial charge in [0.05, 0.1) is 18.2 Å². The molecular formula is C19H22FN3O2. The van der Waals surface area contributed by atoms with Crippen molar-refractivity contribution in [1.82, 2.24) is 14.8 Å². The molecule has 0 aliphatic carbocycles. The predicted octanol–water partition coefficient (Wildman–Crippen LogP) is 1.99. The van der Waals surface area contributed by atoms with Crippen LogP contribution in [0.4, 0.5) is 4.39 Å². The number of pyridine rings is 1. The molecule has 1 saturated heterocycles. The molecule has 1 aliphatic rings. The van der Waals surface area contributed by atoms with Crippen molar-refractivity contribution in [1.29, 1.82) is 0 Å². The van der Waals surface area contributed by atoms with Crippen LogP contribution >= 0.6 is 0 Å². The number of carbonyl (C=O) groups is 1. The number of aliphatic hydroxyl groups excluding tert-OH is 1. The molecule has 1 N–H and O–H groups in total. The number of carbonyl (C=O) groups excluding carboxylic acids is 1. The minimum absolute atomic E-state index is 0.0241. The summed E-state index contributed by atoms with van der Waals surface area (Å²) in [5, 5.41) is 10.2. The van der Waals surface area contributed by atoms with Gasteiger partial charge in [0.25, 0.3) is 0 Å². The number of piperazine rings is 1. The first-order chi connectivity index (χ1) is 12.1. The van der Waals surface area contributed by atoms with E-state index in [4.69, 9.17) is 0 Å². The van der Waals surface area contributed by atoms with Gasteiger partial charge in [-0.25, -0.2) is 4.39 Å². The van der Waals surface area contributed by atoms with E-state index in [1.165, 1.54) is 18.2 Å². The van der Waals surface area contributed by atoms with Gasteiger partial charge in [0, 0.05) is 38.9 Å². The summed E-state index contributed by atoms with van der Waals surface area (Å²) >= 11 is 0. The first kappa shape index (κ1) is 17.5. The molecule has 0 saturated carbocycles. The number of aliphatic hydroxyl groups is 1. The molecule has 2 aromatic rings. The standard InChI is InChI=1S/C19H22FN3O2/c20-16-5-3-4-15(12-16)18(24)13-19(25)23-10-8-22(9-11-23)14-17-6-1-2-7-21-17/h1-7,12,18,24H,8-11,13-14H2. The minimum Gasteiger partial charge on any atom is -0.388 e. The molecule has 1 aromatic heterocycles. The zero-order valence-corrected chi connectivity index (χ0v) is 14.0. The van der Waals surface area contributed by atoms with Crippen LogP contribution in [0.5, 0.6) is 0 Å². The van der Waals surface area contributed by atoms with Gasteiger partial charge in [0.1, 0.15) is 5.82 Å². The largest absolute Gasteiger partial charge is 0.388 e. The molecule has 6 heteroatoms. The van der Waals surface area contributed by atoms with Crippen molar-refractivity contribution in [2.24, 2.45) is 0 Å². The van der Waals surface area contributed by atoms with Crippen molar-refractivity contribution in [2.45, 2.75) is 19.1 Å². The number of hydrogen-bond donors (Lipinski definition) is 1. The Kier molecular flexibility index (Phi) is 5.73. The second kappa shape index (κ2) is 8.18. The maximum atomic E-state index is 13.2. The summed E-state index contributed by atoms with van der Waals surface area (Å²) < 4.78 is 13.2. The maximum absolute atomic E-state index is 13.2. The molecule has 1 aliphatic heterocycles. The highest BCUT2D eigenvalue weighted by atomic mass is 19.1. The Morgan fingerprint density at radius 3 is 2.64 bits per heavy atom. The van der Waals surface area contributed by atoms with E-state index < -0.39 is 11.9 Å². The number of amides is 1. The van der Waals surface area contributed by atoms with E-state index in [0.29, 0.717) is 18.7 Å². The van der Waals surface area contributed by atoms with E-state index in [-0.39, 0.29) is 12.3 Å². The van der Waals surface area contributed by atoms with Crippen molar-refractivity contribution in [3.63, 3.8) is 0 Å². The van der Waals surface area contributed by atoms with Gasteiger partial charge in [-0.1, -0.05) is 18.2 Å². The Bertz CT molecular complexity index is 703. The van der Waals surface area contributed by atoms with Gasteiger partial charge in [-0.3, -0.25) is 14.7 Å². The highest BCUT2D eigenvalue weighted by Crippen LogP contribution is 2.19. The molecule has 2 heterocycles. The summed E-state index contributed by atoms with van der Waals surface area (Å²) in [6.07, 6.45) is 0.779. The van der Waals surface area contributed by atoms with Gasteiger partial charge in [0.2, 0.25) is 5.91 Å². The Balaban J connectivity index is 1.48. The van der Waals surface area contributed by atoms with Crippen LogP contribution in [0.3, 0.4) is 0 Å². The Morgan fingerprint density at radius 1 is 1.16 bits per heavy atom. The third-order valence-electron chi connectivity index (χ3n) is 4.44. The van der Waals surface area contributed by atoms with E-state index in [2.05, 4.69) is 9.88 Å². The third kappa shape index (κ3) is 4.84. The van der Waals surface area contributed by atoms with Crippen LogP contribution in [0.15, 0.2) is 48.7 Å². The van der Waals surface area contributed by atoms with Crippen LogP contribution in [-0.2, 0) is 11.3 Å². The quantitative estimate of drug-likeness (QED) is 0.902. The van der Waals surface area contributed by atoms with Crippen LogP contribution in [0.25, 0.3) is 0 Å². The summed E-state index contributed by atoms with van der Waals surface area (Å²) in [5.41, 5.74) is 1.45. The van der Waals surface area contributed by atoms with Gasteiger partial charge in [-0.05, 0) is 29.8 Å². The van der Waals surface area contributed by atoms with Gasteiger partial charge in [0.15, 0.2) is 0 Å². The molecule has 3 rings (SSSR count). The molecule has 1 unspecified atom stereocenters. The molecule has 1 fully saturated rings. The molecule has 1 atom stereocenters. The van der Waals surface area contributed by atoms with Gasteiger partial charge >= 0.3 is 0 Å².